The van der Waals surface area contributed by atoms with Crippen LogP contribution in [0.2, 0.25) is 5.02 Å². The summed E-state index contributed by atoms with van der Waals surface area (Å²) in [4.78, 5) is 29.3. The van der Waals surface area contributed by atoms with Gasteiger partial charge >= 0.3 is 0 Å². The number of furan rings is 1. The topological polar surface area (TPSA) is 90.7 Å². The fraction of sp³-hybridized carbons (Fsp3) is 0.0526. The van der Waals surface area contributed by atoms with Gasteiger partial charge in [0.05, 0.1) is 22.6 Å². The number of nitrogens with zero attached hydrogens (tertiary/aromatic N) is 3. The summed E-state index contributed by atoms with van der Waals surface area (Å²) in [6.07, 6.45) is 6.35. The fourth-order valence-electron chi connectivity index (χ4n) is 2.80. The van der Waals surface area contributed by atoms with Crippen molar-refractivity contribution in [1.29, 1.82) is 0 Å². The van der Waals surface area contributed by atoms with Gasteiger partial charge in [-0.1, -0.05) is 17.7 Å². The summed E-state index contributed by atoms with van der Waals surface area (Å²) in [7, 11) is 0. The summed E-state index contributed by atoms with van der Waals surface area (Å²) in [5.74, 6) is -0.0675. The lowest BCUT2D eigenvalue weighted by molar-refractivity contribution is -0.384. The third-order valence-corrected chi connectivity index (χ3v) is 5.27. The molecule has 0 amide bonds. The lowest BCUT2D eigenvalue weighted by Gasteiger charge is -2.02. The number of carbonyl (C=O) groups excluding carboxylic acids is 1. The number of carbonyl (C=O) groups is 1. The summed E-state index contributed by atoms with van der Waals surface area (Å²) in [5.41, 5.74) is 1.49. The number of nitro groups is 1. The minimum absolute atomic E-state index is 0.0516. The van der Waals surface area contributed by atoms with E-state index in [9.17, 15) is 14.9 Å². The Hall–Kier alpha value is -3.23. The Bertz CT molecular complexity index is 1240. The zero-order valence-corrected chi connectivity index (χ0v) is 16.0. The maximum atomic E-state index is 12.3. The Balaban J connectivity index is 1.84. The first-order valence-corrected chi connectivity index (χ1v) is 9.32. The van der Waals surface area contributed by atoms with Crippen molar-refractivity contribution < 1.29 is 14.1 Å². The highest BCUT2D eigenvalue weighted by atomic mass is 35.5. The van der Waals surface area contributed by atoms with Gasteiger partial charge in [-0.05, 0) is 37.3 Å². The predicted octanol–water partition coefficient (Wildman–Crippen LogP) is 5.42. The number of hydrogen-bond acceptors (Lipinski definition) is 6. The van der Waals surface area contributed by atoms with Crippen molar-refractivity contribution in [1.82, 2.24) is 9.38 Å². The molecule has 0 spiro atoms. The van der Waals surface area contributed by atoms with E-state index in [2.05, 4.69) is 4.98 Å². The number of ketones is 1. The van der Waals surface area contributed by atoms with E-state index in [1.165, 1.54) is 35.8 Å². The van der Waals surface area contributed by atoms with Gasteiger partial charge in [0.1, 0.15) is 5.02 Å². The van der Waals surface area contributed by atoms with Gasteiger partial charge in [-0.15, -0.1) is 11.3 Å². The molecule has 4 rings (SSSR count). The number of nitro benzene ring substituents is 1. The molecule has 0 unspecified atom stereocenters. The van der Waals surface area contributed by atoms with Gasteiger partial charge in [0.15, 0.2) is 10.7 Å². The van der Waals surface area contributed by atoms with Crippen LogP contribution in [0.15, 0.2) is 53.3 Å². The van der Waals surface area contributed by atoms with Crippen molar-refractivity contribution >= 4 is 45.4 Å². The molecule has 0 bridgehead atoms. The third-order valence-electron chi connectivity index (χ3n) is 4.05. The van der Waals surface area contributed by atoms with Crippen LogP contribution >= 0.6 is 22.9 Å². The first-order valence-electron chi connectivity index (χ1n) is 8.13. The molecule has 4 aromatic rings. The Morgan fingerprint density at radius 3 is 2.93 bits per heavy atom. The smallest absolute Gasteiger partial charge is 0.288 e. The van der Waals surface area contributed by atoms with E-state index in [1.54, 1.807) is 24.3 Å². The Morgan fingerprint density at radius 1 is 1.39 bits per heavy atom. The van der Waals surface area contributed by atoms with Crippen molar-refractivity contribution in [3.63, 3.8) is 0 Å². The van der Waals surface area contributed by atoms with Crippen molar-refractivity contribution in [2.24, 2.45) is 0 Å². The zero-order chi connectivity index (χ0) is 19.8. The summed E-state index contributed by atoms with van der Waals surface area (Å²) >= 11 is 7.40. The number of halogens is 1. The molecule has 0 saturated heterocycles. The lowest BCUT2D eigenvalue weighted by Crippen LogP contribution is -1.93. The second-order valence-corrected chi connectivity index (χ2v) is 7.56. The van der Waals surface area contributed by atoms with E-state index in [0.717, 1.165) is 9.84 Å². The number of hydrogen-bond donors (Lipinski definition) is 0. The zero-order valence-electron chi connectivity index (χ0n) is 14.5. The van der Waals surface area contributed by atoms with E-state index in [0.29, 0.717) is 17.0 Å². The molecule has 0 N–H and O–H groups in total. The average molecular weight is 414 g/mol. The second-order valence-electron chi connectivity index (χ2n) is 5.94. The van der Waals surface area contributed by atoms with Crippen molar-refractivity contribution in [2.75, 3.05) is 0 Å². The van der Waals surface area contributed by atoms with Crippen LogP contribution in [0.1, 0.15) is 21.1 Å². The molecular formula is C19H12ClN3O4S. The molecule has 0 aliphatic rings. The average Bonchev–Trinajstić information content (AvgIpc) is 3.36. The molecule has 0 atom stereocenters. The quantitative estimate of drug-likeness (QED) is 0.188. The molecule has 0 saturated carbocycles. The Kier molecular flexibility index (Phi) is 4.58. The molecule has 0 aliphatic heterocycles. The molecule has 1 aromatic carbocycles. The lowest BCUT2D eigenvalue weighted by atomic mass is 10.1. The van der Waals surface area contributed by atoms with E-state index in [4.69, 9.17) is 16.0 Å². The Labute approximate surface area is 167 Å². The molecule has 140 valence electrons. The second kappa shape index (κ2) is 7.06. The molecule has 28 heavy (non-hydrogen) atoms. The highest BCUT2D eigenvalue weighted by molar-refractivity contribution is 7.17. The van der Waals surface area contributed by atoms with Gasteiger partial charge < -0.3 is 4.42 Å². The van der Waals surface area contributed by atoms with Gasteiger partial charge in [0.2, 0.25) is 5.78 Å². The summed E-state index contributed by atoms with van der Waals surface area (Å²) in [6, 6.07) is 7.73. The van der Waals surface area contributed by atoms with Crippen LogP contribution in [0.3, 0.4) is 0 Å². The molecule has 0 aliphatic carbocycles. The van der Waals surface area contributed by atoms with Crippen molar-refractivity contribution in [2.45, 2.75) is 6.92 Å². The van der Waals surface area contributed by atoms with Crippen LogP contribution in [0.25, 0.3) is 22.3 Å². The minimum Gasteiger partial charge on any atom is -0.461 e. The number of imidazole rings is 1. The van der Waals surface area contributed by atoms with Gasteiger partial charge in [-0.3, -0.25) is 19.3 Å². The van der Waals surface area contributed by atoms with Crippen LogP contribution in [0.4, 0.5) is 5.69 Å². The number of benzene rings is 1. The number of thiazole rings is 1. The number of aryl methyl sites for hydroxylation is 1. The summed E-state index contributed by atoms with van der Waals surface area (Å²) in [5, 5.41) is 11.3. The fourth-order valence-corrected chi connectivity index (χ4v) is 3.82. The maximum Gasteiger partial charge on any atom is 0.288 e. The molecule has 0 radical (unpaired) electrons. The molecule has 7 nitrogen and oxygen atoms in total. The van der Waals surface area contributed by atoms with Crippen LogP contribution < -0.4 is 0 Å². The van der Waals surface area contributed by atoms with E-state index in [1.807, 2.05) is 17.5 Å². The van der Waals surface area contributed by atoms with Gasteiger partial charge in [-0.2, -0.15) is 0 Å². The largest absolute Gasteiger partial charge is 0.461 e. The predicted molar refractivity (Wildman–Crippen MR) is 107 cm³/mol. The highest BCUT2D eigenvalue weighted by Crippen LogP contribution is 2.34. The van der Waals surface area contributed by atoms with E-state index >= 15 is 0 Å². The normalized spacial score (nSPS) is 11.5. The summed E-state index contributed by atoms with van der Waals surface area (Å²) in [6.45, 7) is 1.95. The standard InChI is InChI=1S/C19H12ClN3O4S/c1-11-10-22-14(6-7-16(24)17-3-2-8-27-17)18(21-19(22)28-11)12-4-5-13(20)15(9-12)23(25)26/h2-10H,1H3/b7-6+. The molecule has 3 aromatic heterocycles. The number of fused-ring (bicyclic) bond motifs is 1. The minimum atomic E-state index is -0.537. The van der Waals surface area contributed by atoms with E-state index < -0.39 is 4.92 Å². The van der Waals surface area contributed by atoms with Gasteiger partial charge in [-0.25, -0.2) is 4.98 Å². The van der Waals surface area contributed by atoms with E-state index in [-0.39, 0.29) is 22.3 Å². The molecule has 3 heterocycles. The molecule has 0 fully saturated rings. The third kappa shape index (κ3) is 3.23. The monoisotopic (exact) mass is 413 g/mol. The van der Waals surface area contributed by atoms with Crippen LogP contribution in [0.5, 0.6) is 0 Å². The van der Waals surface area contributed by atoms with Crippen molar-refractivity contribution in [3.05, 3.63) is 80.3 Å². The van der Waals surface area contributed by atoms with Gasteiger partial charge in [0.25, 0.3) is 5.69 Å². The molecule has 9 heteroatoms. The number of aromatic nitrogens is 2. The van der Waals surface area contributed by atoms with Crippen LogP contribution in [-0.2, 0) is 0 Å². The summed E-state index contributed by atoms with van der Waals surface area (Å²) < 4.78 is 6.97. The molecular weight excluding hydrogens is 402 g/mol. The van der Waals surface area contributed by atoms with Gasteiger partial charge in [0, 0.05) is 22.7 Å². The van der Waals surface area contributed by atoms with Crippen molar-refractivity contribution in [3.8, 4) is 11.3 Å². The first kappa shape index (κ1) is 18.1. The van der Waals surface area contributed by atoms with Crippen LogP contribution in [0, 0.1) is 17.0 Å². The van der Waals surface area contributed by atoms with Crippen LogP contribution in [-0.4, -0.2) is 20.1 Å². The number of allylic oxidation sites excluding steroid dienone is 1. The SMILES string of the molecule is Cc1cn2c(/C=C/C(=O)c3ccco3)c(-c3ccc(Cl)c([N+](=O)[O-])c3)nc2s1. The Morgan fingerprint density at radius 2 is 2.21 bits per heavy atom. The number of rotatable bonds is 5. The maximum absolute atomic E-state index is 12.3. The first-order chi connectivity index (χ1) is 13.4. The highest BCUT2D eigenvalue weighted by Gasteiger charge is 2.19.